The van der Waals surface area contributed by atoms with Crippen molar-refractivity contribution in [1.82, 2.24) is 9.55 Å². The van der Waals surface area contributed by atoms with Gasteiger partial charge in [0.2, 0.25) is 0 Å². The molecule has 0 unspecified atom stereocenters. The van der Waals surface area contributed by atoms with E-state index in [0.29, 0.717) is 11.3 Å². The lowest BCUT2D eigenvalue weighted by Crippen LogP contribution is -1.99. The summed E-state index contributed by atoms with van der Waals surface area (Å²) < 4.78 is 15.0. The van der Waals surface area contributed by atoms with Crippen LogP contribution >= 0.6 is 11.8 Å². The summed E-state index contributed by atoms with van der Waals surface area (Å²) in [6.45, 7) is 0. The molecule has 0 saturated carbocycles. The normalized spacial score (nSPS) is 10.7. The van der Waals surface area contributed by atoms with Gasteiger partial charge in [0.25, 0.3) is 5.69 Å². The number of nitro benzene ring substituents is 1. The number of halogens is 1. The molecule has 116 valence electrons. The molecule has 5 nitrogen and oxygen atoms in total. The van der Waals surface area contributed by atoms with Crippen LogP contribution in [0.1, 0.15) is 0 Å². The lowest BCUT2D eigenvalue weighted by atomic mass is 10.1. The number of hydrogen-bond donors (Lipinski definition) is 0. The van der Waals surface area contributed by atoms with E-state index in [1.807, 2.05) is 10.8 Å². The van der Waals surface area contributed by atoms with E-state index in [-0.39, 0.29) is 11.5 Å². The zero-order valence-electron chi connectivity index (χ0n) is 12.1. The minimum absolute atomic E-state index is 0.0139. The van der Waals surface area contributed by atoms with Gasteiger partial charge < -0.3 is 0 Å². The van der Waals surface area contributed by atoms with Crippen LogP contribution in [0.4, 0.5) is 10.1 Å². The van der Waals surface area contributed by atoms with E-state index in [1.54, 1.807) is 30.5 Å². The number of hydrogen-bond acceptors (Lipinski definition) is 4. The lowest BCUT2D eigenvalue weighted by molar-refractivity contribution is -0.384. The van der Waals surface area contributed by atoms with Gasteiger partial charge in [0.15, 0.2) is 5.16 Å². The minimum atomic E-state index is -0.433. The summed E-state index contributed by atoms with van der Waals surface area (Å²) in [5.74, 6) is -0.323. The maximum atomic E-state index is 13.2. The fourth-order valence-corrected chi connectivity index (χ4v) is 2.85. The van der Waals surface area contributed by atoms with Gasteiger partial charge in [-0.2, -0.15) is 0 Å². The zero-order chi connectivity index (χ0) is 16.4. The van der Waals surface area contributed by atoms with Gasteiger partial charge in [-0.05, 0) is 30.5 Å². The predicted molar refractivity (Wildman–Crippen MR) is 87.4 cm³/mol. The molecule has 0 aliphatic heterocycles. The second-order valence-corrected chi connectivity index (χ2v) is 5.52. The standard InChI is InChI=1S/C16H12FN3O2S/c1-23-16-18-10-15(11-3-2-4-14(9-11)20(21)22)19(16)13-7-5-12(17)6-8-13/h2-10H,1H3. The van der Waals surface area contributed by atoms with Gasteiger partial charge in [-0.3, -0.25) is 14.7 Å². The first kappa shape index (κ1) is 15.2. The molecule has 2 aromatic carbocycles. The van der Waals surface area contributed by atoms with Crippen LogP contribution in [-0.2, 0) is 0 Å². The molecule has 0 radical (unpaired) electrons. The Bertz CT molecular complexity index is 862. The van der Waals surface area contributed by atoms with Crippen molar-refractivity contribution < 1.29 is 9.31 Å². The summed E-state index contributed by atoms with van der Waals surface area (Å²) in [7, 11) is 0. The molecule has 0 saturated heterocycles. The van der Waals surface area contributed by atoms with Crippen molar-refractivity contribution in [3.05, 3.63) is 70.7 Å². The van der Waals surface area contributed by atoms with Crippen LogP contribution in [0, 0.1) is 15.9 Å². The number of thioether (sulfide) groups is 1. The smallest absolute Gasteiger partial charge is 0.270 e. The van der Waals surface area contributed by atoms with E-state index in [4.69, 9.17) is 0 Å². The summed E-state index contributed by atoms with van der Waals surface area (Å²) in [6, 6.07) is 12.4. The van der Waals surface area contributed by atoms with Gasteiger partial charge in [0, 0.05) is 23.4 Å². The third-order valence-corrected chi connectivity index (χ3v) is 4.00. The van der Waals surface area contributed by atoms with E-state index in [2.05, 4.69) is 4.98 Å². The van der Waals surface area contributed by atoms with Crippen molar-refractivity contribution >= 4 is 17.4 Å². The third kappa shape index (κ3) is 2.95. The largest absolute Gasteiger partial charge is 0.287 e. The number of benzene rings is 2. The maximum absolute atomic E-state index is 13.2. The van der Waals surface area contributed by atoms with Gasteiger partial charge in [-0.1, -0.05) is 23.9 Å². The number of nitro groups is 1. The number of nitrogens with zero attached hydrogens (tertiary/aromatic N) is 3. The molecule has 0 amide bonds. The first-order valence-corrected chi connectivity index (χ1v) is 7.95. The fraction of sp³-hybridized carbons (Fsp3) is 0.0625. The fourth-order valence-electron chi connectivity index (χ4n) is 2.30. The average Bonchev–Trinajstić information content (AvgIpc) is 2.99. The SMILES string of the molecule is CSc1ncc(-c2cccc([N+](=O)[O-])c2)n1-c1ccc(F)cc1. The summed E-state index contributed by atoms with van der Waals surface area (Å²) >= 11 is 1.44. The molecular weight excluding hydrogens is 317 g/mol. The molecule has 0 atom stereocenters. The summed E-state index contributed by atoms with van der Waals surface area (Å²) in [4.78, 5) is 14.9. The predicted octanol–water partition coefficient (Wildman–Crippen LogP) is 4.31. The van der Waals surface area contributed by atoms with E-state index >= 15 is 0 Å². The van der Waals surface area contributed by atoms with Crippen LogP contribution in [0.25, 0.3) is 16.9 Å². The molecular formula is C16H12FN3O2S. The number of non-ortho nitro benzene ring substituents is 1. The van der Waals surface area contributed by atoms with Crippen LogP contribution < -0.4 is 0 Å². The molecule has 3 rings (SSSR count). The summed E-state index contributed by atoms with van der Waals surface area (Å²) in [5, 5.41) is 11.7. The molecule has 0 aliphatic carbocycles. The Morgan fingerprint density at radius 3 is 2.61 bits per heavy atom. The monoisotopic (exact) mass is 329 g/mol. The topological polar surface area (TPSA) is 61.0 Å². The Morgan fingerprint density at radius 2 is 1.96 bits per heavy atom. The Kier molecular flexibility index (Phi) is 4.12. The van der Waals surface area contributed by atoms with E-state index < -0.39 is 4.92 Å². The quantitative estimate of drug-likeness (QED) is 0.406. The van der Waals surface area contributed by atoms with Crippen molar-refractivity contribution in [3.63, 3.8) is 0 Å². The van der Waals surface area contributed by atoms with Crippen molar-refractivity contribution in [2.24, 2.45) is 0 Å². The van der Waals surface area contributed by atoms with Gasteiger partial charge in [0.1, 0.15) is 5.82 Å². The molecule has 3 aromatic rings. The van der Waals surface area contributed by atoms with Crippen molar-refractivity contribution in [2.45, 2.75) is 5.16 Å². The van der Waals surface area contributed by atoms with Gasteiger partial charge in [-0.15, -0.1) is 0 Å². The highest BCUT2D eigenvalue weighted by Gasteiger charge is 2.15. The molecule has 0 N–H and O–H groups in total. The minimum Gasteiger partial charge on any atom is -0.287 e. The highest BCUT2D eigenvalue weighted by atomic mass is 32.2. The van der Waals surface area contributed by atoms with Gasteiger partial charge in [-0.25, -0.2) is 9.37 Å². The first-order chi connectivity index (χ1) is 11.1. The van der Waals surface area contributed by atoms with Gasteiger partial charge >= 0.3 is 0 Å². The molecule has 0 spiro atoms. The lowest BCUT2D eigenvalue weighted by Gasteiger charge is -2.11. The Hall–Kier alpha value is -2.67. The molecule has 0 aliphatic rings. The number of rotatable bonds is 4. The van der Waals surface area contributed by atoms with Crippen molar-refractivity contribution in [1.29, 1.82) is 0 Å². The third-order valence-electron chi connectivity index (χ3n) is 3.35. The van der Waals surface area contributed by atoms with Crippen molar-refractivity contribution in [2.75, 3.05) is 6.26 Å². The van der Waals surface area contributed by atoms with E-state index in [1.165, 1.54) is 36.0 Å². The molecule has 1 aromatic heterocycles. The van der Waals surface area contributed by atoms with E-state index in [9.17, 15) is 14.5 Å². The maximum Gasteiger partial charge on any atom is 0.270 e. The van der Waals surface area contributed by atoms with Crippen LogP contribution in [0.3, 0.4) is 0 Å². The zero-order valence-corrected chi connectivity index (χ0v) is 13.0. The molecule has 0 bridgehead atoms. The second kappa shape index (κ2) is 6.21. The highest BCUT2D eigenvalue weighted by molar-refractivity contribution is 7.98. The molecule has 1 heterocycles. The van der Waals surface area contributed by atoms with Crippen molar-refractivity contribution in [3.8, 4) is 16.9 Å². The first-order valence-electron chi connectivity index (χ1n) is 6.72. The Balaban J connectivity index is 2.17. The molecule has 0 fully saturated rings. The average molecular weight is 329 g/mol. The second-order valence-electron chi connectivity index (χ2n) is 4.75. The van der Waals surface area contributed by atoms with Crippen LogP contribution in [0.15, 0.2) is 59.9 Å². The number of aromatic nitrogens is 2. The van der Waals surface area contributed by atoms with Crippen LogP contribution in [-0.4, -0.2) is 20.7 Å². The molecule has 7 heteroatoms. The Morgan fingerprint density at radius 1 is 1.22 bits per heavy atom. The highest BCUT2D eigenvalue weighted by Crippen LogP contribution is 2.30. The van der Waals surface area contributed by atoms with Gasteiger partial charge in [0.05, 0.1) is 16.8 Å². The summed E-state index contributed by atoms with van der Waals surface area (Å²) in [6.07, 6.45) is 3.55. The Labute approximate surface area is 135 Å². The number of imidazole rings is 1. The van der Waals surface area contributed by atoms with E-state index in [0.717, 1.165) is 10.8 Å². The van der Waals surface area contributed by atoms with Crippen LogP contribution in [0.5, 0.6) is 0 Å². The molecule has 23 heavy (non-hydrogen) atoms. The van der Waals surface area contributed by atoms with Crippen LogP contribution in [0.2, 0.25) is 0 Å². The summed E-state index contributed by atoms with van der Waals surface area (Å²) in [5.41, 5.74) is 2.15.